The summed E-state index contributed by atoms with van der Waals surface area (Å²) in [5.41, 5.74) is 6.47. The Morgan fingerprint density at radius 2 is 1.91 bits per heavy atom. The van der Waals surface area contributed by atoms with Crippen LogP contribution in [0.4, 0.5) is 5.69 Å². The number of carbonyl (C=O) groups excluding carboxylic acids is 2. The Morgan fingerprint density at radius 3 is 2.55 bits per heavy atom. The van der Waals surface area contributed by atoms with Crippen molar-refractivity contribution in [1.29, 1.82) is 0 Å². The lowest BCUT2D eigenvalue weighted by atomic mass is 10.1. The van der Waals surface area contributed by atoms with Gasteiger partial charge in [-0.25, -0.2) is 0 Å². The van der Waals surface area contributed by atoms with Crippen LogP contribution in [0.3, 0.4) is 0 Å². The van der Waals surface area contributed by atoms with Gasteiger partial charge in [-0.1, -0.05) is 11.6 Å². The first-order chi connectivity index (χ1) is 10.1. The number of hydrogen-bond donors (Lipinski definition) is 2. The van der Waals surface area contributed by atoms with Gasteiger partial charge in [0.05, 0.1) is 10.6 Å². The number of nitrogen functional groups attached to an aromatic ring is 1. The van der Waals surface area contributed by atoms with Crippen molar-refractivity contribution in [3.05, 3.63) is 28.8 Å². The van der Waals surface area contributed by atoms with Crippen molar-refractivity contribution in [2.24, 2.45) is 0 Å². The fraction of sp³-hybridized carbons (Fsp3) is 0.467. The van der Waals surface area contributed by atoms with Crippen LogP contribution in [0.15, 0.2) is 18.2 Å². The summed E-state index contributed by atoms with van der Waals surface area (Å²) >= 11 is 5.97. The molecule has 0 aromatic heterocycles. The smallest absolute Gasteiger partial charge is 0.252 e. The fourth-order valence-corrected chi connectivity index (χ4v) is 2.67. The first-order valence-electron chi connectivity index (χ1n) is 7.19. The number of nitrogens with zero attached hydrogens (tertiary/aromatic N) is 1. The Balaban J connectivity index is 0.00000242. The molecule has 3 N–H and O–H groups in total. The van der Waals surface area contributed by atoms with E-state index in [0.717, 1.165) is 25.9 Å². The average Bonchev–Trinajstić information content (AvgIpc) is 2.47. The molecule has 1 aliphatic rings. The molecule has 2 rings (SSSR count). The minimum Gasteiger partial charge on any atom is -0.399 e. The van der Waals surface area contributed by atoms with Gasteiger partial charge in [0, 0.05) is 31.7 Å². The van der Waals surface area contributed by atoms with Crippen molar-refractivity contribution in [2.45, 2.75) is 25.7 Å². The van der Waals surface area contributed by atoms with Crippen molar-refractivity contribution in [3.63, 3.8) is 0 Å². The molecule has 0 radical (unpaired) electrons. The lowest BCUT2D eigenvalue weighted by Crippen LogP contribution is -2.37. The van der Waals surface area contributed by atoms with Crippen LogP contribution in [-0.2, 0) is 4.79 Å². The van der Waals surface area contributed by atoms with E-state index in [9.17, 15) is 9.59 Å². The minimum absolute atomic E-state index is 0. The van der Waals surface area contributed by atoms with E-state index in [1.807, 2.05) is 4.90 Å². The molecule has 0 bridgehead atoms. The van der Waals surface area contributed by atoms with Gasteiger partial charge < -0.3 is 16.0 Å². The fourth-order valence-electron chi connectivity index (χ4n) is 2.40. The van der Waals surface area contributed by atoms with Crippen LogP contribution in [0.5, 0.6) is 0 Å². The predicted octanol–water partition coefficient (Wildman–Crippen LogP) is 2.48. The molecule has 1 aromatic carbocycles. The molecule has 22 heavy (non-hydrogen) atoms. The quantitative estimate of drug-likeness (QED) is 0.823. The molecule has 0 saturated carbocycles. The number of nitrogens with two attached hydrogens (primary N) is 1. The second-order valence-electron chi connectivity index (χ2n) is 5.19. The monoisotopic (exact) mass is 345 g/mol. The van der Waals surface area contributed by atoms with E-state index < -0.39 is 0 Å². The Bertz CT molecular complexity index is 532. The SMILES string of the molecule is Cl.Nc1ccc(C(=O)NCCC(=O)N2CCCCC2)c(Cl)c1. The Morgan fingerprint density at radius 1 is 1.23 bits per heavy atom. The van der Waals surface area contributed by atoms with E-state index in [1.54, 1.807) is 12.1 Å². The number of carbonyl (C=O) groups is 2. The van der Waals surface area contributed by atoms with Crippen LogP contribution >= 0.6 is 24.0 Å². The number of nitrogens with one attached hydrogen (secondary N) is 1. The number of amides is 2. The third-order valence-corrected chi connectivity index (χ3v) is 3.88. The number of likely N-dealkylation sites (tertiary alicyclic amines) is 1. The van der Waals surface area contributed by atoms with Crippen molar-refractivity contribution >= 4 is 41.5 Å². The minimum atomic E-state index is -0.286. The second-order valence-corrected chi connectivity index (χ2v) is 5.59. The molecule has 5 nitrogen and oxygen atoms in total. The van der Waals surface area contributed by atoms with Crippen molar-refractivity contribution in [3.8, 4) is 0 Å². The molecule has 0 atom stereocenters. The van der Waals surface area contributed by atoms with Gasteiger partial charge >= 0.3 is 0 Å². The highest BCUT2D eigenvalue weighted by molar-refractivity contribution is 6.34. The Kier molecular flexibility index (Phi) is 7.48. The lowest BCUT2D eigenvalue weighted by Gasteiger charge is -2.26. The topological polar surface area (TPSA) is 75.4 Å². The summed E-state index contributed by atoms with van der Waals surface area (Å²) in [5, 5.41) is 3.03. The molecule has 1 saturated heterocycles. The molecule has 0 spiro atoms. The highest BCUT2D eigenvalue weighted by atomic mass is 35.5. The summed E-state index contributed by atoms with van der Waals surface area (Å²) in [4.78, 5) is 25.8. The second kappa shape index (κ2) is 8.86. The lowest BCUT2D eigenvalue weighted by molar-refractivity contribution is -0.131. The van der Waals surface area contributed by atoms with Gasteiger partial charge in [-0.3, -0.25) is 9.59 Å². The average molecular weight is 346 g/mol. The third-order valence-electron chi connectivity index (χ3n) is 3.57. The van der Waals surface area contributed by atoms with E-state index in [-0.39, 0.29) is 24.2 Å². The first kappa shape index (κ1) is 18.6. The zero-order chi connectivity index (χ0) is 15.2. The van der Waals surface area contributed by atoms with Crippen LogP contribution in [0.25, 0.3) is 0 Å². The molecule has 0 aliphatic carbocycles. The molecular formula is C15H21Cl2N3O2. The summed E-state index contributed by atoms with van der Waals surface area (Å²) in [7, 11) is 0. The van der Waals surface area contributed by atoms with Crippen molar-refractivity contribution < 1.29 is 9.59 Å². The number of piperidine rings is 1. The molecule has 1 aromatic rings. The molecule has 122 valence electrons. The molecule has 1 aliphatic heterocycles. The number of anilines is 1. The normalized spacial score (nSPS) is 14.1. The standard InChI is InChI=1S/C15H20ClN3O2.ClH/c16-13-10-11(17)4-5-12(13)15(21)18-7-6-14(20)19-8-2-1-3-9-19;/h4-5,10H,1-3,6-9,17H2,(H,18,21);1H. The van der Waals surface area contributed by atoms with Crippen molar-refractivity contribution in [1.82, 2.24) is 10.2 Å². The van der Waals surface area contributed by atoms with Crippen LogP contribution < -0.4 is 11.1 Å². The molecule has 2 amide bonds. The van der Waals surface area contributed by atoms with Crippen LogP contribution in [0, 0.1) is 0 Å². The maximum Gasteiger partial charge on any atom is 0.252 e. The van der Waals surface area contributed by atoms with E-state index in [1.165, 1.54) is 12.5 Å². The van der Waals surface area contributed by atoms with E-state index in [0.29, 0.717) is 29.2 Å². The van der Waals surface area contributed by atoms with Crippen LogP contribution in [-0.4, -0.2) is 36.3 Å². The number of benzene rings is 1. The van der Waals surface area contributed by atoms with E-state index in [2.05, 4.69) is 5.32 Å². The maximum absolute atomic E-state index is 12.0. The molecule has 1 heterocycles. The summed E-state index contributed by atoms with van der Waals surface area (Å²) in [6.45, 7) is 1.97. The predicted molar refractivity (Wildman–Crippen MR) is 90.5 cm³/mol. The number of rotatable bonds is 4. The maximum atomic E-state index is 12.0. The highest BCUT2D eigenvalue weighted by Crippen LogP contribution is 2.18. The van der Waals surface area contributed by atoms with Gasteiger partial charge in [-0.15, -0.1) is 12.4 Å². The molecule has 7 heteroatoms. The summed E-state index contributed by atoms with van der Waals surface area (Å²) < 4.78 is 0. The molecular weight excluding hydrogens is 325 g/mol. The summed E-state index contributed by atoms with van der Waals surface area (Å²) in [6.07, 6.45) is 3.65. The number of halogens is 2. The first-order valence-corrected chi connectivity index (χ1v) is 7.57. The summed E-state index contributed by atoms with van der Waals surface area (Å²) in [6, 6.07) is 4.74. The largest absolute Gasteiger partial charge is 0.399 e. The van der Waals surface area contributed by atoms with Gasteiger partial charge in [0.15, 0.2) is 0 Å². The Hall–Kier alpha value is -1.46. The zero-order valence-electron chi connectivity index (χ0n) is 12.3. The highest BCUT2D eigenvalue weighted by Gasteiger charge is 2.16. The van der Waals surface area contributed by atoms with E-state index in [4.69, 9.17) is 17.3 Å². The molecule has 1 fully saturated rings. The number of hydrogen-bond acceptors (Lipinski definition) is 3. The van der Waals surface area contributed by atoms with Crippen LogP contribution in [0.1, 0.15) is 36.0 Å². The zero-order valence-corrected chi connectivity index (χ0v) is 13.9. The summed E-state index contributed by atoms with van der Waals surface area (Å²) in [5.74, 6) is -0.190. The van der Waals surface area contributed by atoms with Crippen molar-refractivity contribution in [2.75, 3.05) is 25.4 Å². The van der Waals surface area contributed by atoms with Gasteiger partial charge in [0.1, 0.15) is 0 Å². The van der Waals surface area contributed by atoms with E-state index >= 15 is 0 Å². The van der Waals surface area contributed by atoms with Crippen LogP contribution in [0.2, 0.25) is 5.02 Å². The van der Waals surface area contributed by atoms with Gasteiger partial charge in [0.2, 0.25) is 5.91 Å². The van der Waals surface area contributed by atoms with Gasteiger partial charge in [0.25, 0.3) is 5.91 Å². The van der Waals surface area contributed by atoms with Gasteiger partial charge in [-0.05, 0) is 37.5 Å². The van der Waals surface area contributed by atoms with Gasteiger partial charge in [-0.2, -0.15) is 0 Å². The third kappa shape index (κ3) is 5.07. The Labute approximate surface area is 141 Å². The molecule has 0 unspecified atom stereocenters.